The third-order valence-electron chi connectivity index (χ3n) is 3.95. The lowest BCUT2D eigenvalue weighted by Crippen LogP contribution is -2.29. The normalized spacial score (nSPS) is 12.9. The van der Waals surface area contributed by atoms with Gasteiger partial charge in [0.05, 0.1) is 0 Å². The molecule has 2 heteroatoms. The molecule has 0 radical (unpaired) electrons. The molecule has 0 aliphatic carbocycles. The molecule has 18 heavy (non-hydrogen) atoms. The van der Waals surface area contributed by atoms with E-state index < -0.39 is 0 Å². The first-order valence-electron chi connectivity index (χ1n) is 7.83. The molecule has 108 valence electrons. The zero-order valence-electron chi connectivity index (χ0n) is 13.0. The van der Waals surface area contributed by atoms with Gasteiger partial charge in [0.25, 0.3) is 0 Å². The van der Waals surface area contributed by atoms with E-state index in [4.69, 9.17) is 0 Å². The van der Waals surface area contributed by atoms with Gasteiger partial charge in [0.15, 0.2) is 0 Å². The quantitative estimate of drug-likeness (QED) is 0.481. The van der Waals surface area contributed by atoms with Crippen LogP contribution in [-0.4, -0.2) is 30.3 Å². The molecule has 0 rings (SSSR count). The van der Waals surface area contributed by atoms with Gasteiger partial charge in [-0.25, -0.2) is 0 Å². The fourth-order valence-electron chi connectivity index (χ4n) is 2.10. The Hall–Kier alpha value is -0.370. The van der Waals surface area contributed by atoms with Crippen LogP contribution in [0.2, 0.25) is 0 Å². The molecule has 0 aromatic rings. The molecule has 0 saturated heterocycles. The summed E-state index contributed by atoms with van der Waals surface area (Å²) in [6.07, 6.45) is 10.3. The fourth-order valence-corrected chi connectivity index (χ4v) is 2.10. The van der Waals surface area contributed by atoms with Gasteiger partial charge in [0.2, 0.25) is 0 Å². The van der Waals surface area contributed by atoms with E-state index in [2.05, 4.69) is 25.8 Å². The minimum atomic E-state index is 0.421. The Labute approximate surface area is 114 Å². The number of Topliss-reactive ketones (excluding diaryl/α,β-unsaturated/α-hetero) is 1. The second-order valence-electron chi connectivity index (χ2n) is 5.50. The first-order valence-corrected chi connectivity index (χ1v) is 7.83. The largest absolute Gasteiger partial charge is 0.304 e. The lowest BCUT2D eigenvalue weighted by Gasteiger charge is -2.23. The van der Waals surface area contributed by atoms with Crippen molar-refractivity contribution in [1.29, 1.82) is 0 Å². The minimum absolute atomic E-state index is 0.421. The Kier molecular flexibility index (Phi) is 11.5. The van der Waals surface area contributed by atoms with E-state index in [9.17, 15) is 4.79 Å². The number of rotatable bonds is 12. The van der Waals surface area contributed by atoms with Gasteiger partial charge in [0.1, 0.15) is 5.78 Å². The summed E-state index contributed by atoms with van der Waals surface area (Å²) in [5.74, 6) is 0.421. The first kappa shape index (κ1) is 17.6. The fraction of sp³-hybridized carbons (Fsp3) is 0.938. The molecule has 0 spiro atoms. The zero-order chi connectivity index (χ0) is 13.8. The van der Waals surface area contributed by atoms with Gasteiger partial charge < -0.3 is 4.90 Å². The van der Waals surface area contributed by atoms with Crippen molar-refractivity contribution >= 4 is 5.78 Å². The van der Waals surface area contributed by atoms with Gasteiger partial charge in [0, 0.05) is 18.9 Å². The second-order valence-corrected chi connectivity index (χ2v) is 5.50. The Morgan fingerprint density at radius 1 is 1.00 bits per heavy atom. The van der Waals surface area contributed by atoms with Crippen molar-refractivity contribution in [3.05, 3.63) is 0 Å². The molecule has 0 aliphatic heterocycles. The third kappa shape index (κ3) is 9.64. The number of nitrogens with zero attached hydrogens (tertiary/aromatic N) is 1. The summed E-state index contributed by atoms with van der Waals surface area (Å²) < 4.78 is 0. The highest BCUT2D eigenvalue weighted by molar-refractivity contribution is 5.77. The Balaban J connectivity index is 3.23. The van der Waals surface area contributed by atoms with Crippen molar-refractivity contribution in [1.82, 2.24) is 4.90 Å². The topological polar surface area (TPSA) is 20.3 Å². The summed E-state index contributed by atoms with van der Waals surface area (Å²) >= 11 is 0. The maximum Gasteiger partial charge on any atom is 0.132 e. The highest BCUT2D eigenvalue weighted by Gasteiger charge is 2.05. The highest BCUT2D eigenvalue weighted by Crippen LogP contribution is 2.09. The van der Waals surface area contributed by atoms with Crippen LogP contribution in [0.5, 0.6) is 0 Å². The van der Waals surface area contributed by atoms with Crippen LogP contribution in [0, 0.1) is 0 Å². The highest BCUT2D eigenvalue weighted by atomic mass is 16.1. The van der Waals surface area contributed by atoms with Gasteiger partial charge in [-0.3, -0.25) is 4.79 Å². The molecule has 0 saturated carbocycles. The molecule has 2 nitrogen and oxygen atoms in total. The van der Waals surface area contributed by atoms with E-state index >= 15 is 0 Å². The van der Waals surface area contributed by atoms with Crippen LogP contribution in [0.4, 0.5) is 0 Å². The van der Waals surface area contributed by atoms with Crippen LogP contribution in [-0.2, 0) is 4.79 Å². The molecule has 1 atom stereocenters. The summed E-state index contributed by atoms with van der Waals surface area (Å²) in [6, 6.07) is 0.713. The predicted molar refractivity (Wildman–Crippen MR) is 80.0 cm³/mol. The minimum Gasteiger partial charge on any atom is -0.304 e. The number of hydrogen-bond acceptors (Lipinski definition) is 2. The van der Waals surface area contributed by atoms with Crippen LogP contribution in [0.3, 0.4) is 0 Å². The van der Waals surface area contributed by atoms with Crippen molar-refractivity contribution in [2.24, 2.45) is 0 Å². The number of unbranched alkanes of at least 4 members (excludes halogenated alkanes) is 5. The standard InChI is InChI=1S/C16H33NO/c1-5-15(3)17(4)14-12-10-8-7-9-11-13-16(18)6-2/h15H,5-14H2,1-4H3. The van der Waals surface area contributed by atoms with Crippen LogP contribution in [0.25, 0.3) is 0 Å². The van der Waals surface area contributed by atoms with Gasteiger partial charge in [-0.15, -0.1) is 0 Å². The molecule has 0 bridgehead atoms. The van der Waals surface area contributed by atoms with E-state index in [1.165, 1.54) is 45.1 Å². The average molecular weight is 255 g/mol. The molecule has 0 heterocycles. The van der Waals surface area contributed by atoms with Crippen molar-refractivity contribution in [3.8, 4) is 0 Å². The van der Waals surface area contributed by atoms with Gasteiger partial charge >= 0.3 is 0 Å². The SMILES string of the molecule is CCC(=O)CCCCCCCCN(C)C(C)CC. The van der Waals surface area contributed by atoms with Crippen LogP contribution in [0.1, 0.15) is 78.6 Å². The van der Waals surface area contributed by atoms with E-state index in [0.29, 0.717) is 18.2 Å². The smallest absolute Gasteiger partial charge is 0.132 e. The maximum atomic E-state index is 11.1. The second kappa shape index (κ2) is 11.7. The Bertz CT molecular complexity index is 203. The average Bonchev–Trinajstić information content (AvgIpc) is 2.39. The van der Waals surface area contributed by atoms with E-state index in [1.54, 1.807) is 0 Å². The number of carbonyl (C=O) groups excluding carboxylic acids is 1. The van der Waals surface area contributed by atoms with Crippen molar-refractivity contribution < 1.29 is 4.79 Å². The zero-order valence-corrected chi connectivity index (χ0v) is 13.0. The third-order valence-corrected chi connectivity index (χ3v) is 3.95. The molecule has 0 amide bonds. The predicted octanol–water partition coefficient (Wildman–Crippen LogP) is 4.43. The molecule has 1 unspecified atom stereocenters. The monoisotopic (exact) mass is 255 g/mol. The Morgan fingerprint density at radius 3 is 2.11 bits per heavy atom. The van der Waals surface area contributed by atoms with E-state index in [0.717, 1.165) is 12.8 Å². The molecule has 0 aromatic heterocycles. The van der Waals surface area contributed by atoms with Crippen molar-refractivity contribution in [2.45, 2.75) is 84.6 Å². The number of ketones is 1. The lowest BCUT2D eigenvalue weighted by atomic mass is 10.1. The van der Waals surface area contributed by atoms with Gasteiger partial charge in [-0.1, -0.05) is 39.5 Å². The summed E-state index contributed by atoms with van der Waals surface area (Å²) in [7, 11) is 2.23. The molecule has 0 N–H and O–H groups in total. The van der Waals surface area contributed by atoms with Gasteiger partial charge in [-0.2, -0.15) is 0 Å². The van der Waals surface area contributed by atoms with Crippen LogP contribution in [0.15, 0.2) is 0 Å². The number of carbonyl (C=O) groups is 1. The van der Waals surface area contributed by atoms with E-state index in [1.807, 2.05) is 6.92 Å². The van der Waals surface area contributed by atoms with Crippen molar-refractivity contribution in [3.63, 3.8) is 0 Å². The van der Waals surface area contributed by atoms with Crippen LogP contribution < -0.4 is 0 Å². The molecular formula is C16H33NO. The summed E-state index contributed by atoms with van der Waals surface area (Å²) in [4.78, 5) is 13.6. The van der Waals surface area contributed by atoms with Crippen molar-refractivity contribution in [2.75, 3.05) is 13.6 Å². The maximum absolute atomic E-state index is 11.1. The van der Waals surface area contributed by atoms with E-state index in [-0.39, 0.29) is 0 Å². The van der Waals surface area contributed by atoms with Gasteiger partial charge in [-0.05, 0) is 39.8 Å². The summed E-state index contributed by atoms with van der Waals surface area (Å²) in [6.45, 7) is 7.73. The lowest BCUT2D eigenvalue weighted by molar-refractivity contribution is -0.118. The Morgan fingerprint density at radius 2 is 1.56 bits per heavy atom. The summed E-state index contributed by atoms with van der Waals surface area (Å²) in [5.41, 5.74) is 0. The molecule has 0 aromatic carbocycles. The van der Waals surface area contributed by atoms with Crippen LogP contribution >= 0.6 is 0 Å². The first-order chi connectivity index (χ1) is 8.61. The molecule has 0 aliphatic rings. The number of hydrogen-bond donors (Lipinski definition) is 0. The molecule has 0 fully saturated rings. The molecular weight excluding hydrogens is 222 g/mol. The summed E-state index contributed by atoms with van der Waals surface area (Å²) in [5, 5.41) is 0.